The monoisotopic (exact) mass is 459 g/mol. The molecular weight excluding hydrogens is 422 g/mol. The predicted octanol–water partition coefficient (Wildman–Crippen LogP) is 5.21. The van der Waals surface area contributed by atoms with Gasteiger partial charge in [0.15, 0.2) is 0 Å². The first-order valence-electron chi connectivity index (χ1n) is 13.0. The average Bonchev–Trinajstić information content (AvgIpc) is 3.22. The molecule has 1 aliphatic carbocycles. The van der Waals surface area contributed by atoms with Crippen molar-refractivity contribution in [3.8, 4) is 0 Å². The van der Waals surface area contributed by atoms with Crippen molar-refractivity contribution in [3.63, 3.8) is 0 Å². The molecular formula is C28H37N5O. The summed E-state index contributed by atoms with van der Waals surface area (Å²) in [5, 5.41) is 2.94. The Morgan fingerprint density at radius 1 is 0.941 bits per heavy atom. The van der Waals surface area contributed by atoms with Crippen molar-refractivity contribution < 1.29 is 4.79 Å². The summed E-state index contributed by atoms with van der Waals surface area (Å²) in [4.78, 5) is 19.6. The summed E-state index contributed by atoms with van der Waals surface area (Å²) >= 11 is 0. The predicted molar refractivity (Wildman–Crippen MR) is 138 cm³/mol. The Morgan fingerprint density at radius 2 is 1.59 bits per heavy atom. The van der Waals surface area contributed by atoms with E-state index in [2.05, 4.69) is 51.2 Å². The van der Waals surface area contributed by atoms with Crippen LogP contribution >= 0.6 is 0 Å². The fourth-order valence-corrected chi connectivity index (χ4v) is 6.26. The van der Waals surface area contributed by atoms with E-state index in [1.165, 1.54) is 50.5 Å². The number of nitrogens with one attached hydrogen (secondary N) is 1. The van der Waals surface area contributed by atoms with Crippen LogP contribution in [0.1, 0.15) is 69.4 Å². The Hall–Kier alpha value is -2.70. The second-order valence-electron chi connectivity index (χ2n) is 9.93. The van der Waals surface area contributed by atoms with Crippen LogP contribution in [0.2, 0.25) is 0 Å². The van der Waals surface area contributed by atoms with Gasteiger partial charge in [-0.2, -0.15) is 0 Å². The number of amides is 1. The maximum atomic E-state index is 12.1. The van der Waals surface area contributed by atoms with Gasteiger partial charge in [0.25, 0.3) is 0 Å². The molecule has 0 bridgehead atoms. The molecule has 180 valence electrons. The Bertz CT molecular complexity index is 1090. The summed E-state index contributed by atoms with van der Waals surface area (Å²) in [5.41, 5.74) is 9.20. The zero-order valence-corrected chi connectivity index (χ0v) is 20.1. The average molecular weight is 460 g/mol. The molecule has 0 unspecified atom stereocenters. The van der Waals surface area contributed by atoms with Crippen LogP contribution in [0.25, 0.3) is 11.0 Å². The number of piperidine rings is 1. The van der Waals surface area contributed by atoms with Crippen molar-refractivity contribution in [2.75, 3.05) is 25.0 Å². The maximum absolute atomic E-state index is 12.1. The van der Waals surface area contributed by atoms with Crippen molar-refractivity contribution in [1.82, 2.24) is 14.5 Å². The van der Waals surface area contributed by atoms with E-state index in [0.717, 1.165) is 37.0 Å². The summed E-state index contributed by atoms with van der Waals surface area (Å²) in [5.74, 6) is 0.422. The molecule has 34 heavy (non-hydrogen) atoms. The molecule has 1 aliphatic heterocycles. The normalized spacial score (nSPS) is 20.0. The third kappa shape index (κ3) is 4.49. The molecule has 3 aromatic rings. The summed E-state index contributed by atoms with van der Waals surface area (Å²) in [7, 11) is 0. The van der Waals surface area contributed by atoms with Crippen molar-refractivity contribution >= 4 is 22.9 Å². The first-order valence-corrected chi connectivity index (χ1v) is 13.0. The highest BCUT2D eigenvalue weighted by Gasteiger charge is 2.40. The van der Waals surface area contributed by atoms with E-state index < -0.39 is 0 Å². The van der Waals surface area contributed by atoms with Crippen LogP contribution in [0.4, 0.5) is 5.95 Å². The second-order valence-corrected chi connectivity index (χ2v) is 9.93. The number of rotatable bonds is 5. The van der Waals surface area contributed by atoms with E-state index in [1.807, 2.05) is 18.2 Å². The molecule has 0 spiro atoms. The van der Waals surface area contributed by atoms with Crippen LogP contribution in [0, 0.1) is 0 Å². The van der Waals surface area contributed by atoms with Gasteiger partial charge >= 0.3 is 0 Å². The zero-order valence-electron chi connectivity index (χ0n) is 20.1. The van der Waals surface area contributed by atoms with Crippen molar-refractivity contribution in [2.24, 2.45) is 5.73 Å². The smallest absolute Gasteiger partial charge is 0.240 e. The van der Waals surface area contributed by atoms with Gasteiger partial charge in [-0.1, -0.05) is 74.6 Å². The third-order valence-electron chi connectivity index (χ3n) is 7.96. The van der Waals surface area contributed by atoms with Crippen LogP contribution < -0.4 is 11.1 Å². The zero-order chi connectivity index (χ0) is 23.4. The number of carbonyl (C=O) groups is 1. The fourth-order valence-electron chi connectivity index (χ4n) is 6.26. The lowest BCUT2D eigenvalue weighted by Gasteiger charge is -2.49. The highest BCUT2D eigenvalue weighted by molar-refractivity contribution is 5.92. The van der Waals surface area contributed by atoms with Crippen LogP contribution in [-0.2, 0) is 10.3 Å². The Morgan fingerprint density at radius 3 is 2.29 bits per heavy atom. The number of nitrogens with zero attached hydrogens (tertiary/aromatic N) is 3. The quantitative estimate of drug-likeness (QED) is 0.549. The van der Waals surface area contributed by atoms with Gasteiger partial charge in [0.2, 0.25) is 11.9 Å². The minimum Gasteiger partial charge on any atom is -0.322 e. The fraction of sp³-hybridized carbons (Fsp3) is 0.500. The number of nitrogens with two attached hydrogens (primary N) is 1. The van der Waals surface area contributed by atoms with Gasteiger partial charge in [0.05, 0.1) is 17.6 Å². The SMILES string of the molecule is NCC(=O)Nc1nc2ccccc2n1C1CCN(C2(c3ccccc3)CCCCCCC2)CC1. The highest BCUT2D eigenvalue weighted by Crippen LogP contribution is 2.43. The molecule has 5 rings (SSSR count). The van der Waals surface area contributed by atoms with Crippen LogP contribution in [0.15, 0.2) is 54.6 Å². The number of anilines is 1. The van der Waals surface area contributed by atoms with E-state index in [4.69, 9.17) is 10.7 Å². The Labute approximate surface area is 202 Å². The molecule has 0 atom stereocenters. The first-order chi connectivity index (χ1) is 16.7. The topological polar surface area (TPSA) is 76.2 Å². The number of carbonyl (C=O) groups excluding carboxylic acids is 1. The van der Waals surface area contributed by atoms with E-state index in [0.29, 0.717) is 12.0 Å². The Balaban J connectivity index is 1.42. The van der Waals surface area contributed by atoms with E-state index in [1.54, 1.807) is 0 Å². The molecule has 2 fully saturated rings. The Kier molecular flexibility index (Phi) is 6.97. The number of aromatic nitrogens is 2. The lowest BCUT2D eigenvalue weighted by Crippen LogP contribution is -2.50. The van der Waals surface area contributed by atoms with Crippen LogP contribution in [0.3, 0.4) is 0 Å². The van der Waals surface area contributed by atoms with Gasteiger partial charge < -0.3 is 10.3 Å². The first kappa shape index (κ1) is 23.1. The van der Waals surface area contributed by atoms with E-state index in [-0.39, 0.29) is 18.0 Å². The van der Waals surface area contributed by atoms with Gasteiger partial charge in [-0.3, -0.25) is 15.0 Å². The summed E-state index contributed by atoms with van der Waals surface area (Å²) in [6.45, 7) is 2.06. The van der Waals surface area contributed by atoms with Gasteiger partial charge in [-0.05, 0) is 43.4 Å². The van der Waals surface area contributed by atoms with Crippen molar-refractivity contribution in [3.05, 3.63) is 60.2 Å². The van der Waals surface area contributed by atoms with Crippen LogP contribution in [-0.4, -0.2) is 40.0 Å². The number of likely N-dealkylation sites (tertiary alicyclic amines) is 1. The van der Waals surface area contributed by atoms with Crippen LogP contribution in [0.5, 0.6) is 0 Å². The molecule has 6 heteroatoms. The second kappa shape index (κ2) is 10.3. The molecule has 2 aliphatic rings. The summed E-state index contributed by atoms with van der Waals surface area (Å²) in [6.07, 6.45) is 11.2. The van der Waals surface area contributed by atoms with Gasteiger partial charge in [-0.25, -0.2) is 4.98 Å². The minimum atomic E-state index is -0.202. The number of benzene rings is 2. The molecule has 0 radical (unpaired) electrons. The van der Waals surface area contributed by atoms with Crippen molar-refractivity contribution in [1.29, 1.82) is 0 Å². The molecule has 1 saturated heterocycles. The number of imidazole rings is 1. The largest absolute Gasteiger partial charge is 0.322 e. The molecule has 1 amide bonds. The van der Waals surface area contributed by atoms with Crippen molar-refractivity contribution in [2.45, 2.75) is 69.4 Å². The molecule has 3 N–H and O–H groups in total. The highest BCUT2D eigenvalue weighted by atomic mass is 16.2. The molecule has 1 aromatic heterocycles. The number of fused-ring (bicyclic) bond motifs is 1. The number of hydrogen-bond acceptors (Lipinski definition) is 4. The lowest BCUT2D eigenvalue weighted by molar-refractivity contribution is -0.115. The van der Waals surface area contributed by atoms with Gasteiger partial charge in [0, 0.05) is 24.7 Å². The molecule has 2 aromatic carbocycles. The molecule has 6 nitrogen and oxygen atoms in total. The lowest BCUT2D eigenvalue weighted by atomic mass is 9.76. The summed E-state index contributed by atoms with van der Waals surface area (Å²) in [6, 6.07) is 19.7. The molecule has 1 saturated carbocycles. The van der Waals surface area contributed by atoms with E-state index >= 15 is 0 Å². The minimum absolute atomic E-state index is 0.0404. The van der Waals surface area contributed by atoms with Gasteiger partial charge in [0.1, 0.15) is 0 Å². The third-order valence-corrected chi connectivity index (χ3v) is 7.96. The standard InChI is InChI=1S/C28H37N5O/c29-21-26(34)31-27-30-24-13-7-8-14-25(24)33(27)23-15-19-32(20-16-23)28(22-11-5-4-6-12-22)17-9-2-1-3-10-18-28/h4-8,11-14,23H,1-3,9-10,15-21,29H2,(H,30,31,34). The van der Waals surface area contributed by atoms with Gasteiger partial charge in [-0.15, -0.1) is 0 Å². The van der Waals surface area contributed by atoms with E-state index in [9.17, 15) is 4.79 Å². The number of hydrogen-bond donors (Lipinski definition) is 2. The number of para-hydroxylation sites is 2. The summed E-state index contributed by atoms with van der Waals surface area (Å²) < 4.78 is 2.24. The molecule has 2 heterocycles. The maximum Gasteiger partial charge on any atom is 0.240 e.